The first-order valence-electron chi connectivity index (χ1n) is 6.41. The van der Waals surface area contributed by atoms with Crippen molar-refractivity contribution in [2.75, 3.05) is 14.1 Å². The maximum absolute atomic E-state index is 10.9. The van der Waals surface area contributed by atoms with Crippen LogP contribution in [0.3, 0.4) is 0 Å². The zero-order chi connectivity index (χ0) is 16.0. The molecule has 119 valence electrons. The van der Waals surface area contributed by atoms with E-state index in [2.05, 4.69) is 6.07 Å². The van der Waals surface area contributed by atoms with E-state index in [1.165, 1.54) is 26.2 Å². The molecule has 1 aromatic carbocycles. The molecule has 0 amide bonds. The first-order valence-corrected chi connectivity index (χ1v) is 12.0. The Balaban J connectivity index is -0.000000307. The molecule has 0 saturated heterocycles. The molecule has 0 aliphatic rings. The molecule has 0 fully saturated rings. The number of hydroxylamine groups is 3. The van der Waals surface area contributed by atoms with Gasteiger partial charge in [0.1, 0.15) is 6.54 Å². The Hall–Kier alpha value is 0.252. The molecular formula is C13H27NO4Si2Sn+. The molecule has 0 aromatic heterocycles. The van der Waals surface area contributed by atoms with Crippen molar-refractivity contribution in [3.05, 3.63) is 35.9 Å². The van der Waals surface area contributed by atoms with E-state index in [0.717, 1.165) is 5.56 Å². The smallest absolute Gasteiger partial charge is 0.839 e. The van der Waals surface area contributed by atoms with Gasteiger partial charge in [-0.15, -0.1) is 0 Å². The SMILES string of the molecule is C[N+](C)(O)Cc1[c]cccc1.C[Si](C)([O-])O[Si](C)(C)[O-].[HH].[Sn+2]. The fourth-order valence-electron chi connectivity index (χ4n) is 1.54. The molecule has 0 heterocycles. The van der Waals surface area contributed by atoms with Crippen LogP contribution in [0.2, 0.25) is 26.2 Å². The van der Waals surface area contributed by atoms with E-state index in [1.807, 2.05) is 24.3 Å². The van der Waals surface area contributed by atoms with Gasteiger partial charge in [0.05, 0.1) is 31.2 Å². The number of hydrogen-bond donors (Lipinski definition) is 1. The van der Waals surface area contributed by atoms with Crippen LogP contribution in [0.25, 0.3) is 0 Å². The Bertz CT molecular complexity index is 380. The van der Waals surface area contributed by atoms with Gasteiger partial charge in [-0.05, 0) is 6.07 Å². The largest absolute Gasteiger partial charge is 2.00 e. The van der Waals surface area contributed by atoms with Crippen molar-refractivity contribution >= 4 is 41.0 Å². The summed E-state index contributed by atoms with van der Waals surface area (Å²) in [6.45, 7) is 6.54. The molecule has 0 saturated carbocycles. The summed E-state index contributed by atoms with van der Waals surface area (Å²) in [4.78, 5) is 21.7. The van der Waals surface area contributed by atoms with Crippen LogP contribution in [-0.2, 0) is 10.7 Å². The Morgan fingerprint density at radius 1 is 1.19 bits per heavy atom. The summed E-state index contributed by atoms with van der Waals surface area (Å²) in [5.41, 5.74) is 1.03. The number of hydrogen-bond acceptors (Lipinski definition) is 4. The summed E-state index contributed by atoms with van der Waals surface area (Å²) in [5, 5.41) is 9.39. The van der Waals surface area contributed by atoms with Crippen LogP contribution in [0.5, 0.6) is 0 Å². The molecular weight excluding hydrogens is 409 g/mol. The van der Waals surface area contributed by atoms with Crippen molar-refractivity contribution in [3.63, 3.8) is 0 Å². The van der Waals surface area contributed by atoms with Crippen LogP contribution < -0.4 is 9.59 Å². The van der Waals surface area contributed by atoms with Crippen molar-refractivity contribution in [1.82, 2.24) is 0 Å². The van der Waals surface area contributed by atoms with Crippen LogP contribution in [0.4, 0.5) is 0 Å². The summed E-state index contributed by atoms with van der Waals surface area (Å²) in [7, 11) is -2.11. The first-order chi connectivity index (χ1) is 8.79. The molecule has 3 radical (unpaired) electrons. The van der Waals surface area contributed by atoms with E-state index in [4.69, 9.17) is 4.12 Å². The number of nitrogens with zero attached hydrogens (tertiary/aromatic N) is 1. The third-order valence-electron chi connectivity index (χ3n) is 1.82. The molecule has 5 nitrogen and oxygen atoms in total. The topological polar surface area (TPSA) is 75.6 Å². The zero-order valence-electron chi connectivity index (χ0n) is 13.6. The normalized spacial score (nSPS) is 12.0. The average molecular weight is 436 g/mol. The Morgan fingerprint density at radius 3 is 1.90 bits per heavy atom. The second-order valence-corrected chi connectivity index (χ2v) is 12.5. The van der Waals surface area contributed by atoms with E-state index in [0.29, 0.717) is 6.54 Å². The monoisotopic (exact) mass is 437 g/mol. The maximum atomic E-state index is 10.9. The van der Waals surface area contributed by atoms with Crippen LogP contribution >= 0.6 is 0 Å². The molecule has 0 aliphatic heterocycles. The summed E-state index contributed by atoms with van der Waals surface area (Å²) in [6, 6.07) is 10.7. The van der Waals surface area contributed by atoms with Gasteiger partial charge in [-0.1, -0.05) is 50.5 Å². The van der Waals surface area contributed by atoms with Crippen LogP contribution in [0.15, 0.2) is 24.3 Å². The average Bonchev–Trinajstić information content (AvgIpc) is 2.10. The van der Waals surface area contributed by atoms with Crippen molar-refractivity contribution < 1.29 is 25.0 Å². The van der Waals surface area contributed by atoms with Crippen LogP contribution in [-0.4, -0.2) is 65.0 Å². The van der Waals surface area contributed by atoms with Gasteiger partial charge >= 0.3 is 23.9 Å². The quantitative estimate of drug-likeness (QED) is 0.423. The summed E-state index contributed by atoms with van der Waals surface area (Å²) in [6.07, 6.45) is 0. The Labute approximate surface area is 148 Å². The van der Waals surface area contributed by atoms with Gasteiger partial charge < -0.3 is 13.7 Å². The van der Waals surface area contributed by atoms with Gasteiger partial charge in [-0.2, -0.15) is 4.65 Å². The van der Waals surface area contributed by atoms with E-state index < -0.39 is 17.1 Å². The molecule has 1 aromatic rings. The van der Waals surface area contributed by atoms with E-state index in [-0.39, 0.29) is 30.0 Å². The maximum Gasteiger partial charge on any atom is 2.00 e. The van der Waals surface area contributed by atoms with Gasteiger partial charge in [0, 0.05) is 6.99 Å². The first kappa shape index (κ1) is 23.5. The van der Waals surface area contributed by atoms with E-state index in [1.54, 1.807) is 14.1 Å². The van der Waals surface area contributed by atoms with Crippen LogP contribution in [0.1, 0.15) is 6.99 Å². The molecule has 21 heavy (non-hydrogen) atoms. The summed E-state index contributed by atoms with van der Waals surface area (Å²) < 4.78 is 4.75. The summed E-state index contributed by atoms with van der Waals surface area (Å²) >= 11 is 0. The van der Waals surface area contributed by atoms with Crippen molar-refractivity contribution in [1.29, 1.82) is 0 Å². The third-order valence-corrected chi connectivity index (χ3v) is 5.75. The van der Waals surface area contributed by atoms with Gasteiger partial charge in [-0.25, -0.2) is 5.21 Å². The van der Waals surface area contributed by atoms with Crippen molar-refractivity contribution in [3.8, 4) is 0 Å². The van der Waals surface area contributed by atoms with Crippen molar-refractivity contribution in [2.24, 2.45) is 0 Å². The summed E-state index contributed by atoms with van der Waals surface area (Å²) in [5.74, 6) is 0. The van der Waals surface area contributed by atoms with Crippen molar-refractivity contribution in [2.45, 2.75) is 32.7 Å². The second kappa shape index (κ2) is 9.40. The van der Waals surface area contributed by atoms with Crippen LogP contribution in [0, 0.1) is 6.07 Å². The van der Waals surface area contributed by atoms with E-state index >= 15 is 0 Å². The molecule has 0 atom stereocenters. The predicted molar refractivity (Wildman–Crippen MR) is 86.8 cm³/mol. The third kappa shape index (κ3) is 18.2. The standard InChI is InChI=1S/C9H13NO.C4H12O3Si2.Sn.H2/c1-10(2,11)8-9-6-4-3-5-7-9;1-8(2,5)7-9(3,4)6;;/h3-6,11H,8H2,1-2H3;1-4H3;;1H/q+1;-2;+2;. The Kier molecular flexibility index (Phi) is 10.5. The fraction of sp³-hybridized carbons (Fsp3) is 0.538. The fourth-order valence-corrected chi connectivity index (χ4v) is 6.27. The predicted octanol–water partition coefficient (Wildman–Crippen LogP) is 0.445. The van der Waals surface area contributed by atoms with Gasteiger partial charge in [-0.3, -0.25) is 0 Å². The molecule has 1 rings (SSSR count). The molecule has 0 spiro atoms. The van der Waals surface area contributed by atoms with E-state index in [9.17, 15) is 14.8 Å². The molecule has 1 N–H and O–H groups in total. The molecule has 0 unspecified atom stereocenters. The zero-order valence-corrected chi connectivity index (χ0v) is 18.5. The minimum Gasteiger partial charge on any atom is -0.839 e. The second-order valence-electron chi connectivity index (χ2n) is 6.07. The number of benzene rings is 1. The number of rotatable bonds is 4. The minimum atomic E-state index is -2.79. The Morgan fingerprint density at radius 2 is 1.67 bits per heavy atom. The molecule has 0 bridgehead atoms. The minimum absolute atomic E-state index is 0. The number of quaternary nitrogens is 1. The van der Waals surface area contributed by atoms with Gasteiger partial charge in [0.25, 0.3) is 0 Å². The van der Waals surface area contributed by atoms with Gasteiger partial charge in [0.2, 0.25) is 0 Å². The molecule has 0 aliphatic carbocycles. The van der Waals surface area contributed by atoms with Gasteiger partial charge in [0.15, 0.2) is 0 Å². The molecule has 8 heteroatoms.